The van der Waals surface area contributed by atoms with E-state index in [0.29, 0.717) is 5.56 Å². The largest absolute Gasteiger partial charge is 0.480 e. The number of nitriles is 1. The van der Waals surface area contributed by atoms with Crippen LogP contribution < -0.4 is 0 Å². The first kappa shape index (κ1) is 13.6. The van der Waals surface area contributed by atoms with Gasteiger partial charge in [0.05, 0.1) is 6.07 Å². The molecule has 0 heterocycles. The normalized spacial score (nSPS) is 29.5. The minimum absolute atomic E-state index is 0.574. The van der Waals surface area contributed by atoms with Crippen molar-refractivity contribution in [3.8, 4) is 6.07 Å². The zero-order chi connectivity index (χ0) is 14.4. The topological polar surface area (TPSA) is 95.2 Å². The number of hydrogen-bond donors (Lipinski definition) is 1. The molecule has 0 amide bonds. The van der Waals surface area contributed by atoms with Gasteiger partial charge in [0.1, 0.15) is 5.25 Å². The molecule has 0 spiro atoms. The molecule has 5 nitrogen and oxygen atoms in total. The summed E-state index contributed by atoms with van der Waals surface area (Å²) in [5.74, 6) is -2.18. The number of rotatable bonds is 3. The second-order valence-corrected chi connectivity index (χ2v) is 7.09. The van der Waals surface area contributed by atoms with E-state index in [1.807, 2.05) is 6.92 Å². The quantitative estimate of drug-likeness (QED) is 0.893. The maximum Gasteiger partial charge on any atom is 0.326 e. The summed E-state index contributed by atoms with van der Waals surface area (Å²) in [7, 11) is -3.61. The van der Waals surface area contributed by atoms with Gasteiger partial charge >= 0.3 is 5.97 Å². The Hall–Kier alpha value is -1.87. The number of carboxylic acid groups (broad SMARTS) is 1. The Morgan fingerprint density at radius 1 is 1.37 bits per heavy atom. The van der Waals surface area contributed by atoms with Crippen LogP contribution in [0, 0.1) is 23.7 Å². The molecule has 1 aliphatic carbocycles. The average Bonchev–Trinajstić information content (AvgIpc) is 3.00. The molecule has 1 fully saturated rings. The highest BCUT2D eigenvalue weighted by atomic mass is 32.2. The highest BCUT2D eigenvalue weighted by Gasteiger charge is 2.76. The summed E-state index contributed by atoms with van der Waals surface area (Å²) in [4.78, 5) is 11.3. The van der Waals surface area contributed by atoms with Crippen LogP contribution in [0.4, 0.5) is 0 Å². The van der Waals surface area contributed by atoms with Crippen molar-refractivity contribution in [2.24, 2.45) is 5.41 Å². The van der Waals surface area contributed by atoms with Gasteiger partial charge in [0.15, 0.2) is 15.3 Å². The van der Waals surface area contributed by atoms with Crippen molar-refractivity contribution in [2.75, 3.05) is 6.26 Å². The summed E-state index contributed by atoms with van der Waals surface area (Å²) in [6, 6.07) is 8.60. The van der Waals surface area contributed by atoms with Gasteiger partial charge < -0.3 is 5.11 Å². The van der Waals surface area contributed by atoms with E-state index in [-0.39, 0.29) is 0 Å². The molecule has 6 heteroatoms. The molecule has 19 heavy (non-hydrogen) atoms. The molecule has 0 aromatic heterocycles. The molecule has 1 N–H and O–H groups in total. The predicted octanol–water partition coefficient (Wildman–Crippen LogP) is 1.10. The van der Waals surface area contributed by atoms with Crippen molar-refractivity contribution in [3.63, 3.8) is 0 Å². The van der Waals surface area contributed by atoms with Gasteiger partial charge in [-0.2, -0.15) is 5.26 Å². The minimum atomic E-state index is -3.61. The molecule has 100 valence electrons. The standard InChI is InChI=1S/C13H13NO4S/c1-8-3-5-9(6-4-8)10-11(19(2,17)18)13(10,7-14)12(15)16/h3-6,10-11H,1-2H3,(H,15,16)/t10-,11+,13-/m0/s1. The van der Waals surface area contributed by atoms with Crippen LogP contribution in [-0.4, -0.2) is 31.0 Å². The van der Waals surface area contributed by atoms with E-state index in [0.717, 1.165) is 11.8 Å². The molecule has 0 radical (unpaired) electrons. The van der Waals surface area contributed by atoms with E-state index in [4.69, 9.17) is 5.26 Å². The fourth-order valence-electron chi connectivity index (χ4n) is 2.59. The van der Waals surface area contributed by atoms with Gasteiger partial charge in [-0.1, -0.05) is 29.8 Å². The lowest BCUT2D eigenvalue weighted by molar-refractivity contribution is -0.141. The molecule has 0 bridgehead atoms. The number of aliphatic carboxylic acids is 1. The van der Waals surface area contributed by atoms with E-state index >= 15 is 0 Å². The number of carbonyl (C=O) groups is 1. The SMILES string of the molecule is Cc1ccc([C@H]2[C@@H](S(C)(=O)=O)[C@@]2(C#N)C(=O)O)cc1. The van der Waals surface area contributed by atoms with Crippen LogP contribution in [0.2, 0.25) is 0 Å². The predicted molar refractivity (Wildman–Crippen MR) is 68.2 cm³/mol. The summed E-state index contributed by atoms with van der Waals surface area (Å²) >= 11 is 0. The second kappa shape index (κ2) is 4.07. The summed E-state index contributed by atoms with van der Waals surface area (Å²) < 4.78 is 23.4. The Morgan fingerprint density at radius 2 is 1.89 bits per heavy atom. The van der Waals surface area contributed by atoms with E-state index in [2.05, 4.69) is 0 Å². The number of carboxylic acids is 1. The molecule has 1 aliphatic rings. The summed E-state index contributed by atoms with van der Waals surface area (Å²) in [6.07, 6.45) is 0.973. The third kappa shape index (κ3) is 1.90. The fourth-order valence-corrected chi connectivity index (χ4v) is 4.35. The number of benzene rings is 1. The Balaban J connectivity index is 2.54. The smallest absolute Gasteiger partial charge is 0.326 e. The molecular formula is C13H13NO4S. The molecule has 0 unspecified atom stereocenters. The first-order valence-corrected chi connectivity index (χ1v) is 7.60. The zero-order valence-corrected chi connectivity index (χ0v) is 11.3. The summed E-state index contributed by atoms with van der Waals surface area (Å²) in [5.41, 5.74) is -0.300. The lowest BCUT2D eigenvalue weighted by Crippen LogP contribution is -2.21. The van der Waals surface area contributed by atoms with Crippen LogP contribution >= 0.6 is 0 Å². The van der Waals surface area contributed by atoms with Crippen LogP contribution in [0.5, 0.6) is 0 Å². The maximum atomic E-state index is 11.7. The molecule has 0 aliphatic heterocycles. The highest BCUT2D eigenvalue weighted by molar-refractivity contribution is 7.91. The Bertz CT molecular complexity index is 672. The summed E-state index contributed by atoms with van der Waals surface area (Å²) in [6.45, 7) is 1.87. The fraction of sp³-hybridized carbons (Fsp3) is 0.385. The average molecular weight is 279 g/mol. The Labute approximate surface area is 111 Å². The molecule has 0 saturated heterocycles. The van der Waals surface area contributed by atoms with Crippen molar-refractivity contribution >= 4 is 15.8 Å². The highest BCUT2D eigenvalue weighted by Crippen LogP contribution is 2.62. The number of sulfone groups is 1. The van der Waals surface area contributed by atoms with E-state index in [1.54, 1.807) is 30.3 Å². The van der Waals surface area contributed by atoms with Crippen LogP contribution in [0.1, 0.15) is 17.0 Å². The van der Waals surface area contributed by atoms with Gasteiger partial charge in [-0.15, -0.1) is 0 Å². The lowest BCUT2D eigenvalue weighted by atomic mass is 10.00. The van der Waals surface area contributed by atoms with Crippen LogP contribution in [0.3, 0.4) is 0 Å². The monoisotopic (exact) mass is 279 g/mol. The molecule has 1 aromatic carbocycles. The molecular weight excluding hydrogens is 266 g/mol. The summed E-state index contributed by atoms with van der Waals surface area (Å²) in [5, 5.41) is 17.2. The van der Waals surface area contributed by atoms with Crippen molar-refractivity contribution in [1.82, 2.24) is 0 Å². The van der Waals surface area contributed by atoms with E-state index in [1.165, 1.54) is 0 Å². The first-order chi connectivity index (χ1) is 8.75. The van der Waals surface area contributed by atoms with E-state index in [9.17, 15) is 18.3 Å². The van der Waals surface area contributed by atoms with Gasteiger partial charge in [0, 0.05) is 12.2 Å². The van der Waals surface area contributed by atoms with Crippen LogP contribution in [0.25, 0.3) is 0 Å². The molecule has 1 saturated carbocycles. The van der Waals surface area contributed by atoms with Gasteiger partial charge in [0.25, 0.3) is 0 Å². The lowest BCUT2D eigenvalue weighted by Gasteiger charge is -2.02. The van der Waals surface area contributed by atoms with Crippen molar-refractivity contribution in [1.29, 1.82) is 5.26 Å². The van der Waals surface area contributed by atoms with Crippen molar-refractivity contribution < 1.29 is 18.3 Å². The molecule has 3 atom stereocenters. The third-order valence-electron chi connectivity index (χ3n) is 3.57. The van der Waals surface area contributed by atoms with Gasteiger partial charge in [0.2, 0.25) is 0 Å². The number of hydrogen-bond acceptors (Lipinski definition) is 4. The van der Waals surface area contributed by atoms with Gasteiger partial charge in [-0.05, 0) is 12.5 Å². The number of nitrogens with zero attached hydrogens (tertiary/aromatic N) is 1. The van der Waals surface area contributed by atoms with Crippen molar-refractivity contribution in [3.05, 3.63) is 35.4 Å². The van der Waals surface area contributed by atoms with Crippen LogP contribution in [-0.2, 0) is 14.6 Å². The Morgan fingerprint density at radius 3 is 2.21 bits per heavy atom. The second-order valence-electron chi connectivity index (χ2n) is 4.92. The first-order valence-electron chi connectivity index (χ1n) is 5.65. The van der Waals surface area contributed by atoms with Crippen LogP contribution in [0.15, 0.2) is 24.3 Å². The van der Waals surface area contributed by atoms with E-state index < -0.39 is 32.4 Å². The number of aryl methyl sites for hydroxylation is 1. The molecule has 1 aromatic rings. The molecule has 2 rings (SSSR count). The zero-order valence-electron chi connectivity index (χ0n) is 10.5. The van der Waals surface area contributed by atoms with Gasteiger partial charge in [-0.25, -0.2) is 8.42 Å². The third-order valence-corrected chi connectivity index (χ3v) is 5.14. The maximum absolute atomic E-state index is 11.7. The Kier molecular flexibility index (Phi) is 2.90. The van der Waals surface area contributed by atoms with Crippen molar-refractivity contribution in [2.45, 2.75) is 18.1 Å². The minimum Gasteiger partial charge on any atom is -0.480 e. The van der Waals surface area contributed by atoms with Gasteiger partial charge in [-0.3, -0.25) is 4.79 Å².